The first-order chi connectivity index (χ1) is 12.1. The monoisotopic (exact) mass is 382 g/mol. The molecule has 4 nitrogen and oxygen atoms in total. The van der Waals surface area contributed by atoms with Gasteiger partial charge in [0.1, 0.15) is 5.75 Å². The normalized spacial score (nSPS) is 16.2. The molecule has 0 aromatic heterocycles. The van der Waals surface area contributed by atoms with E-state index >= 15 is 0 Å². The summed E-state index contributed by atoms with van der Waals surface area (Å²) in [5, 5.41) is 5.98. The summed E-state index contributed by atoms with van der Waals surface area (Å²) in [7, 11) is 0. The van der Waals surface area contributed by atoms with Gasteiger partial charge in [0.2, 0.25) is 5.91 Å². The third kappa shape index (κ3) is 5.41. The van der Waals surface area contributed by atoms with Gasteiger partial charge in [0.15, 0.2) is 0 Å². The van der Waals surface area contributed by atoms with Gasteiger partial charge in [-0.2, -0.15) is 8.78 Å². The van der Waals surface area contributed by atoms with Gasteiger partial charge in [-0.15, -0.1) is 12.4 Å². The molecule has 1 amide bonds. The zero-order valence-corrected chi connectivity index (χ0v) is 14.9. The van der Waals surface area contributed by atoms with Crippen LogP contribution in [0.4, 0.5) is 14.5 Å². The molecule has 1 heterocycles. The van der Waals surface area contributed by atoms with Crippen molar-refractivity contribution in [3.8, 4) is 5.75 Å². The zero-order valence-electron chi connectivity index (χ0n) is 14.1. The van der Waals surface area contributed by atoms with Crippen LogP contribution in [-0.2, 0) is 11.2 Å². The Morgan fingerprint density at radius 1 is 1.23 bits per heavy atom. The molecule has 0 radical (unpaired) electrons. The second-order valence-electron chi connectivity index (χ2n) is 6.00. The van der Waals surface area contributed by atoms with Crippen molar-refractivity contribution in [2.45, 2.75) is 31.9 Å². The van der Waals surface area contributed by atoms with Crippen LogP contribution in [0, 0.1) is 0 Å². The minimum atomic E-state index is -2.89. The molecule has 7 heteroatoms. The van der Waals surface area contributed by atoms with Crippen molar-refractivity contribution < 1.29 is 18.3 Å². The number of carbonyl (C=O) groups is 1. The minimum Gasteiger partial charge on any atom is -0.435 e. The molecule has 1 unspecified atom stereocenters. The fourth-order valence-corrected chi connectivity index (χ4v) is 2.96. The van der Waals surface area contributed by atoms with E-state index in [4.69, 9.17) is 0 Å². The van der Waals surface area contributed by atoms with E-state index in [-0.39, 0.29) is 30.1 Å². The highest BCUT2D eigenvalue weighted by molar-refractivity contribution is 5.95. The number of ether oxygens (including phenoxy) is 1. The summed E-state index contributed by atoms with van der Waals surface area (Å²) in [4.78, 5) is 12.2. The van der Waals surface area contributed by atoms with E-state index in [2.05, 4.69) is 15.4 Å². The van der Waals surface area contributed by atoms with Crippen molar-refractivity contribution in [2.75, 3.05) is 11.9 Å². The molecule has 0 bridgehead atoms. The lowest BCUT2D eigenvalue weighted by molar-refractivity contribution is -0.117. The van der Waals surface area contributed by atoms with E-state index < -0.39 is 6.61 Å². The van der Waals surface area contributed by atoms with Gasteiger partial charge >= 0.3 is 6.61 Å². The van der Waals surface area contributed by atoms with Crippen molar-refractivity contribution in [3.05, 3.63) is 59.7 Å². The first-order valence-electron chi connectivity index (χ1n) is 8.28. The highest BCUT2D eigenvalue weighted by Gasteiger charge is 2.22. The summed E-state index contributed by atoms with van der Waals surface area (Å²) in [6.07, 6.45) is 2.21. The van der Waals surface area contributed by atoms with E-state index in [1.54, 1.807) is 12.1 Å². The Morgan fingerprint density at radius 2 is 2.00 bits per heavy atom. The lowest BCUT2D eigenvalue weighted by Gasteiger charge is -2.15. The number of alkyl halides is 2. The number of amides is 1. The average Bonchev–Trinajstić information content (AvgIpc) is 3.12. The highest BCUT2D eigenvalue weighted by atomic mass is 35.5. The van der Waals surface area contributed by atoms with Gasteiger partial charge in [-0.3, -0.25) is 4.79 Å². The van der Waals surface area contributed by atoms with Gasteiger partial charge in [-0.1, -0.05) is 30.3 Å². The van der Waals surface area contributed by atoms with Gasteiger partial charge in [-0.25, -0.2) is 0 Å². The molecule has 0 spiro atoms. The predicted molar refractivity (Wildman–Crippen MR) is 99.2 cm³/mol. The Morgan fingerprint density at radius 3 is 2.65 bits per heavy atom. The van der Waals surface area contributed by atoms with E-state index in [0.717, 1.165) is 24.9 Å². The number of carbonyl (C=O) groups excluding carboxylic acids is 1. The number of rotatable bonds is 6. The van der Waals surface area contributed by atoms with Crippen molar-refractivity contribution in [3.63, 3.8) is 0 Å². The largest absolute Gasteiger partial charge is 0.435 e. The summed E-state index contributed by atoms with van der Waals surface area (Å²) in [5.74, 6) is 0.0153. The molecule has 0 saturated carbocycles. The SMILES string of the molecule is Cl.O=C(Nc1ccc(OC(F)F)c(Cc2ccccc2)c1)C1CCCN1. The summed E-state index contributed by atoms with van der Waals surface area (Å²) in [6.45, 7) is -2.06. The molecular weight excluding hydrogens is 362 g/mol. The van der Waals surface area contributed by atoms with Gasteiger partial charge < -0.3 is 15.4 Å². The van der Waals surface area contributed by atoms with Crippen LogP contribution in [0.3, 0.4) is 0 Å². The third-order valence-electron chi connectivity index (χ3n) is 4.16. The first kappa shape index (κ1) is 20.1. The lowest BCUT2D eigenvalue weighted by atomic mass is 10.0. The Hall–Kier alpha value is -2.18. The molecule has 26 heavy (non-hydrogen) atoms. The van der Waals surface area contributed by atoms with Crippen LogP contribution in [0.2, 0.25) is 0 Å². The second-order valence-corrected chi connectivity index (χ2v) is 6.00. The van der Waals surface area contributed by atoms with E-state index in [9.17, 15) is 13.6 Å². The molecule has 3 rings (SSSR count). The summed E-state index contributed by atoms with van der Waals surface area (Å²) in [5.41, 5.74) is 2.15. The lowest BCUT2D eigenvalue weighted by Crippen LogP contribution is -2.35. The van der Waals surface area contributed by atoms with Gasteiger partial charge in [0.05, 0.1) is 6.04 Å². The molecule has 1 aliphatic heterocycles. The minimum absolute atomic E-state index is 0. The van der Waals surface area contributed by atoms with Gasteiger partial charge in [0, 0.05) is 17.7 Å². The number of benzene rings is 2. The smallest absolute Gasteiger partial charge is 0.387 e. The average molecular weight is 383 g/mol. The van der Waals surface area contributed by atoms with Crippen LogP contribution in [0.25, 0.3) is 0 Å². The number of nitrogens with one attached hydrogen (secondary N) is 2. The topological polar surface area (TPSA) is 50.4 Å². The number of halogens is 3. The summed E-state index contributed by atoms with van der Waals surface area (Å²) in [6, 6.07) is 14.1. The number of anilines is 1. The van der Waals surface area contributed by atoms with Crippen molar-refractivity contribution in [2.24, 2.45) is 0 Å². The fraction of sp³-hybridized carbons (Fsp3) is 0.316. The quantitative estimate of drug-likeness (QED) is 0.794. The molecule has 1 fully saturated rings. The second kappa shape index (κ2) is 9.50. The summed E-state index contributed by atoms with van der Waals surface area (Å²) < 4.78 is 29.9. The standard InChI is InChI=1S/C19H20F2N2O2.ClH/c20-19(21)25-17-9-8-15(23-18(24)16-7-4-10-22-16)12-14(17)11-13-5-2-1-3-6-13;/h1-3,5-6,8-9,12,16,19,22H,4,7,10-11H2,(H,23,24);1H. The Bertz CT molecular complexity index is 723. The highest BCUT2D eigenvalue weighted by Crippen LogP contribution is 2.27. The molecule has 1 aliphatic rings. The third-order valence-corrected chi connectivity index (χ3v) is 4.16. The van der Waals surface area contributed by atoms with E-state index in [0.29, 0.717) is 17.7 Å². The summed E-state index contributed by atoms with van der Waals surface area (Å²) >= 11 is 0. The molecular formula is C19H21ClF2N2O2. The molecule has 140 valence electrons. The molecule has 2 aromatic carbocycles. The van der Waals surface area contributed by atoms with Crippen LogP contribution < -0.4 is 15.4 Å². The fourth-order valence-electron chi connectivity index (χ4n) is 2.96. The van der Waals surface area contributed by atoms with Crippen LogP contribution in [-0.4, -0.2) is 25.1 Å². The van der Waals surface area contributed by atoms with Gasteiger partial charge in [0.25, 0.3) is 0 Å². The maximum absolute atomic E-state index is 12.7. The zero-order chi connectivity index (χ0) is 17.6. The molecule has 2 aromatic rings. The van der Waals surface area contributed by atoms with Crippen molar-refractivity contribution in [1.82, 2.24) is 5.32 Å². The van der Waals surface area contributed by atoms with Crippen molar-refractivity contribution in [1.29, 1.82) is 0 Å². The Labute approximate surface area is 157 Å². The van der Waals surface area contributed by atoms with Crippen molar-refractivity contribution >= 4 is 24.0 Å². The van der Waals surface area contributed by atoms with Gasteiger partial charge in [-0.05, 0) is 43.1 Å². The Balaban J connectivity index is 0.00000243. The van der Waals surface area contributed by atoms with E-state index in [1.165, 1.54) is 6.07 Å². The van der Waals surface area contributed by atoms with Crippen LogP contribution in [0.1, 0.15) is 24.0 Å². The predicted octanol–water partition coefficient (Wildman–Crippen LogP) is 3.99. The Kier molecular flexibility index (Phi) is 7.36. The van der Waals surface area contributed by atoms with Crippen LogP contribution >= 0.6 is 12.4 Å². The van der Waals surface area contributed by atoms with E-state index in [1.807, 2.05) is 30.3 Å². The van der Waals surface area contributed by atoms with Crippen LogP contribution in [0.5, 0.6) is 5.75 Å². The molecule has 1 saturated heterocycles. The molecule has 1 atom stereocenters. The molecule has 2 N–H and O–H groups in total. The maximum Gasteiger partial charge on any atom is 0.387 e. The number of hydrogen-bond acceptors (Lipinski definition) is 3. The first-order valence-corrected chi connectivity index (χ1v) is 8.28. The maximum atomic E-state index is 12.7. The number of hydrogen-bond donors (Lipinski definition) is 2. The molecule has 0 aliphatic carbocycles. The van der Waals surface area contributed by atoms with Crippen LogP contribution in [0.15, 0.2) is 48.5 Å².